The molecule has 1 heterocycles. The van der Waals surface area contributed by atoms with E-state index in [9.17, 15) is 0 Å². The number of nitrogens with one attached hydrogen (secondary N) is 1. The maximum atomic E-state index is 5.27. The van der Waals surface area contributed by atoms with Crippen LogP contribution < -0.4 is 5.32 Å². The van der Waals surface area contributed by atoms with Crippen molar-refractivity contribution >= 4 is 11.3 Å². The summed E-state index contributed by atoms with van der Waals surface area (Å²) < 4.78 is 0. The van der Waals surface area contributed by atoms with Crippen molar-refractivity contribution in [2.75, 3.05) is 0 Å². The molecule has 0 aliphatic rings. The largest absolute Gasteiger partial charge is 0.308 e. The molecule has 1 N–H and O–H groups in total. The summed E-state index contributed by atoms with van der Waals surface area (Å²) >= 11 is 1.78. The summed E-state index contributed by atoms with van der Waals surface area (Å²) in [6.45, 7) is 3.10. The van der Waals surface area contributed by atoms with Gasteiger partial charge in [0.05, 0.1) is 0 Å². The smallest absolute Gasteiger partial charge is 0.0302 e. The molecule has 0 spiro atoms. The van der Waals surface area contributed by atoms with Crippen LogP contribution in [0, 0.1) is 12.3 Å². The van der Waals surface area contributed by atoms with Crippen LogP contribution in [0.25, 0.3) is 0 Å². The van der Waals surface area contributed by atoms with Gasteiger partial charge < -0.3 is 5.32 Å². The summed E-state index contributed by atoms with van der Waals surface area (Å²) in [6, 6.07) is 4.68. The van der Waals surface area contributed by atoms with Crippen molar-refractivity contribution in [3.05, 3.63) is 22.4 Å². The van der Waals surface area contributed by atoms with E-state index in [4.69, 9.17) is 6.42 Å². The monoisotopic (exact) mass is 193 g/mol. The molecule has 0 fully saturated rings. The Morgan fingerprint density at radius 1 is 1.69 bits per heavy atom. The molecule has 1 rings (SSSR count). The first kappa shape index (κ1) is 10.3. The highest BCUT2D eigenvalue weighted by Crippen LogP contribution is 2.08. The molecule has 1 atom stereocenters. The van der Waals surface area contributed by atoms with Crippen LogP contribution in [0.5, 0.6) is 0 Å². The Balaban J connectivity index is 2.28. The van der Waals surface area contributed by atoms with E-state index in [-0.39, 0.29) is 0 Å². The predicted octanol–water partition coefficient (Wildman–Crippen LogP) is 2.64. The van der Waals surface area contributed by atoms with Gasteiger partial charge in [0.1, 0.15) is 0 Å². The average Bonchev–Trinajstić information content (AvgIpc) is 2.64. The summed E-state index contributed by atoms with van der Waals surface area (Å²) in [7, 11) is 0. The standard InChI is InChI=1S/C11H15NS/c1-3-6-10(4-2)12-9-11-7-5-8-13-11/h1,5,7-8,10,12H,4,6,9H2,2H3. The molecule has 0 radical (unpaired) electrons. The lowest BCUT2D eigenvalue weighted by Gasteiger charge is -2.12. The van der Waals surface area contributed by atoms with Crippen molar-refractivity contribution < 1.29 is 0 Å². The molecule has 0 bridgehead atoms. The third kappa shape index (κ3) is 3.63. The van der Waals surface area contributed by atoms with Crippen molar-refractivity contribution in [3.8, 4) is 12.3 Å². The summed E-state index contributed by atoms with van der Waals surface area (Å²) in [4.78, 5) is 1.37. The van der Waals surface area contributed by atoms with Crippen molar-refractivity contribution in [1.29, 1.82) is 0 Å². The predicted molar refractivity (Wildman–Crippen MR) is 58.7 cm³/mol. The normalized spacial score (nSPS) is 12.3. The molecular formula is C11H15NS. The fourth-order valence-electron chi connectivity index (χ4n) is 1.16. The van der Waals surface area contributed by atoms with Gasteiger partial charge >= 0.3 is 0 Å². The number of terminal acetylenes is 1. The zero-order valence-corrected chi connectivity index (χ0v) is 8.73. The van der Waals surface area contributed by atoms with Crippen LogP contribution in [-0.4, -0.2) is 6.04 Å². The Kier molecular flexibility index (Phi) is 4.59. The quantitative estimate of drug-likeness (QED) is 0.709. The lowest BCUT2D eigenvalue weighted by atomic mass is 10.1. The van der Waals surface area contributed by atoms with E-state index in [0.717, 1.165) is 19.4 Å². The first-order valence-corrected chi connectivity index (χ1v) is 5.44. The molecule has 0 amide bonds. The van der Waals surface area contributed by atoms with Crippen LogP contribution in [-0.2, 0) is 6.54 Å². The SMILES string of the molecule is C#CCC(CC)NCc1cccs1. The molecule has 1 nitrogen and oxygen atoms in total. The minimum atomic E-state index is 0.465. The molecule has 13 heavy (non-hydrogen) atoms. The number of hydrogen-bond donors (Lipinski definition) is 1. The Bertz CT molecular complexity index is 258. The first-order valence-electron chi connectivity index (χ1n) is 4.56. The molecule has 1 aromatic heterocycles. The van der Waals surface area contributed by atoms with Gasteiger partial charge in [-0.1, -0.05) is 13.0 Å². The molecule has 0 saturated carbocycles. The fraction of sp³-hybridized carbons (Fsp3) is 0.455. The maximum absolute atomic E-state index is 5.27. The third-order valence-corrected chi connectivity index (χ3v) is 2.88. The van der Waals surface area contributed by atoms with Crippen molar-refractivity contribution in [2.24, 2.45) is 0 Å². The van der Waals surface area contributed by atoms with E-state index in [0.29, 0.717) is 6.04 Å². The van der Waals surface area contributed by atoms with Crippen LogP contribution >= 0.6 is 11.3 Å². The Morgan fingerprint density at radius 2 is 2.54 bits per heavy atom. The molecule has 70 valence electrons. The molecule has 1 unspecified atom stereocenters. The van der Waals surface area contributed by atoms with Gasteiger partial charge in [0.25, 0.3) is 0 Å². The minimum Gasteiger partial charge on any atom is -0.308 e. The molecular weight excluding hydrogens is 178 g/mol. The molecule has 0 aliphatic heterocycles. The van der Waals surface area contributed by atoms with Crippen LogP contribution in [0.15, 0.2) is 17.5 Å². The van der Waals surface area contributed by atoms with E-state index >= 15 is 0 Å². The highest BCUT2D eigenvalue weighted by molar-refractivity contribution is 7.09. The second-order valence-corrected chi connectivity index (χ2v) is 4.01. The van der Waals surface area contributed by atoms with Gasteiger partial charge in [0.15, 0.2) is 0 Å². The van der Waals surface area contributed by atoms with Gasteiger partial charge in [-0.3, -0.25) is 0 Å². The van der Waals surface area contributed by atoms with Crippen LogP contribution in [0.4, 0.5) is 0 Å². The van der Waals surface area contributed by atoms with Gasteiger partial charge in [-0.05, 0) is 17.9 Å². The molecule has 0 saturated heterocycles. The lowest BCUT2D eigenvalue weighted by Crippen LogP contribution is -2.26. The minimum absolute atomic E-state index is 0.465. The maximum Gasteiger partial charge on any atom is 0.0302 e. The Hall–Kier alpha value is -0.780. The van der Waals surface area contributed by atoms with E-state index in [2.05, 4.69) is 35.7 Å². The van der Waals surface area contributed by atoms with Gasteiger partial charge in [-0.2, -0.15) is 0 Å². The van der Waals surface area contributed by atoms with Crippen LogP contribution in [0.2, 0.25) is 0 Å². The van der Waals surface area contributed by atoms with Gasteiger partial charge in [0.2, 0.25) is 0 Å². The van der Waals surface area contributed by atoms with Crippen LogP contribution in [0.1, 0.15) is 24.6 Å². The summed E-state index contributed by atoms with van der Waals surface area (Å²) in [5.41, 5.74) is 0. The summed E-state index contributed by atoms with van der Waals surface area (Å²) in [5, 5.41) is 5.54. The molecule has 0 aromatic carbocycles. The zero-order valence-electron chi connectivity index (χ0n) is 7.92. The van der Waals surface area contributed by atoms with Crippen molar-refractivity contribution in [1.82, 2.24) is 5.32 Å². The highest BCUT2D eigenvalue weighted by atomic mass is 32.1. The van der Waals surface area contributed by atoms with Gasteiger partial charge in [-0.15, -0.1) is 23.7 Å². The Morgan fingerprint density at radius 3 is 3.08 bits per heavy atom. The summed E-state index contributed by atoms with van der Waals surface area (Å²) in [5.74, 6) is 2.69. The number of hydrogen-bond acceptors (Lipinski definition) is 2. The third-order valence-electron chi connectivity index (χ3n) is 2.00. The van der Waals surface area contributed by atoms with Crippen molar-refractivity contribution in [3.63, 3.8) is 0 Å². The Labute approximate surface area is 84.2 Å². The van der Waals surface area contributed by atoms with E-state index in [1.54, 1.807) is 11.3 Å². The van der Waals surface area contributed by atoms with Crippen molar-refractivity contribution in [2.45, 2.75) is 32.4 Å². The lowest BCUT2D eigenvalue weighted by molar-refractivity contribution is 0.509. The molecule has 1 aromatic rings. The molecule has 0 aliphatic carbocycles. The van der Waals surface area contributed by atoms with E-state index in [1.165, 1.54) is 4.88 Å². The fourth-order valence-corrected chi connectivity index (χ4v) is 1.82. The topological polar surface area (TPSA) is 12.0 Å². The summed E-state index contributed by atoms with van der Waals surface area (Å²) in [6.07, 6.45) is 7.18. The highest BCUT2D eigenvalue weighted by Gasteiger charge is 2.03. The zero-order chi connectivity index (χ0) is 9.52. The van der Waals surface area contributed by atoms with Crippen LogP contribution in [0.3, 0.4) is 0 Å². The van der Waals surface area contributed by atoms with E-state index in [1.807, 2.05) is 0 Å². The van der Waals surface area contributed by atoms with E-state index < -0.39 is 0 Å². The second-order valence-electron chi connectivity index (χ2n) is 2.97. The van der Waals surface area contributed by atoms with Gasteiger partial charge in [0, 0.05) is 23.9 Å². The number of thiophene rings is 1. The second kappa shape index (κ2) is 5.80. The average molecular weight is 193 g/mol. The first-order chi connectivity index (χ1) is 6.36. The van der Waals surface area contributed by atoms with Gasteiger partial charge in [-0.25, -0.2) is 0 Å². The molecule has 2 heteroatoms. The number of rotatable bonds is 5.